The molecule has 0 bridgehead atoms. The van der Waals surface area contributed by atoms with Gasteiger partial charge in [0.1, 0.15) is 0 Å². The minimum absolute atomic E-state index is 0.219. The third-order valence-corrected chi connectivity index (χ3v) is 1.93. The topological polar surface area (TPSA) is 49.3 Å². The smallest absolute Gasteiger partial charge is 0.307 e. The third kappa shape index (κ3) is 6.58. The van der Waals surface area contributed by atoms with E-state index in [0.29, 0.717) is 12.5 Å². The first kappa shape index (κ1) is 12.4. The molecule has 0 aromatic heterocycles. The highest BCUT2D eigenvalue weighted by molar-refractivity contribution is 5.70. The molecule has 3 heteroatoms. The molecule has 0 aliphatic carbocycles. The Morgan fingerprint density at radius 3 is 2.38 bits per heavy atom. The Bertz CT molecular complexity index is 146. The largest absolute Gasteiger partial charge is 0.481 e. The summed E-state index contributed by atoms with van der Waals surface area (Å²) in [6.45, 7) is 7.73. The fourth-order valence-corrected chi connectivity index (χ4v) is 1.21. The quantitative estimate of drug-likeness (QED) is 0.638. The van der Waals surface area contributed by atoms with E-state index in [-0.39, 0.29) is 5.92 Å². The van der Waals surface area contributed by atoms with E-state index < -0.39 is 5.97 Å². The summed E-state index contributed by atoms with van der Waals surface area (Å²) in [5, 5.41) is 12.0. The van der Waals surface area contributed by atoms with Gasteiger partial charge >= 0.3 is 5.97 Å². The first-order valence-electron chi connectivity index (χ1n) is 5.01. The number of hydrogen-bond acceptors (Lipinski definition) is 2. The van der Waals surface area contributed by atoms with Crippen LogP contribution in [0, 0.1) is 11.8 Å². The SMILES string of the molecule is CCCC(CNCC(C)C)C(=O)O. The highest BCUT2D eigenvalue weighted by Crippen LogP contribution is 2.05. The van der Waals surface area contributed by atoms with Gasteiger partial charge in [0.05, 0.1) is 5.92 Å². The lowest BCUT2D eigenvalue weighted by Crippen LogP contribution is -2.30. The van der Waals surface area contributed by atoms with Crippen molar-refractivity contribution in [1.29, 1.82) is 0 Å². The maximum atomic E-state index is 10.7. The zero-order valence-electron chi connectivity index (χ0n) is 8.84. The van der Waals surface area contributed by atoms with Gasteiger partial charge in [-0.15, -0.1) is 0 Å². The normalized spacial score (nSPS) is 13.2. The molecule has 0 amide bonds. The van der Waals surface area contributed by atoms with E-state index in [2.05, 4.69) is 19.2 Å². The van der Waals surface area contributed by atoms with Gasteiger partial charge in [0, 0.05) is 6.54 Å². The van der Waals surface area contributed by atoms with Crippen LogP contribution in [0.3, 0.4) is 0 Å². The Kier molecular flexibility index (Phi) is 6.59. The molecule has 1 atom stereocenters. The molecular weight excluding hydrogens is 166 g/mol. The second kappa shape index (κ2) is 6.89. The number of carboxylic acids is 1. The van der Waals surface area contributed by atoms with E-state index in [1.54, 1.807) is 0 Å². The summed E-state index contributed by atoms with van der Waals surface area (Å²) < 4.78 is 0. The van der Waals surface area contributed by atoms with Gasteiger partial charge < -0.3 is 10.4 Å². The maximum absolute atomic E-state index is 10.7. The molecule has 0 radical (unpaired) electrons. The number of carbonyl (C=O) groups is 1. The second-order valence-electron chi connectivity index (χ2n) is 3.88. The molecule has 0 spiro atoms. The lowest BCUT2D eigenvalue weighted by molar-refractivity contribution is -0.141. The number of rotatable bonds is 7. The van der Waals surface area contributed by atoms with Gasteiger partial charge in [-0.2, -0.15) is 0 Å². The third-order valence-electron chi connectivity index (χ3n) is 1.93. The first-order chi connectivity index (χ1) is 6.07. The lowest BCUT2D eigenvalue weighted by Gasteiger charge is -2.13. The Morgan fingerprint density at radius 1 is 1.38 bits per heavy atom. The maximum Gasteiger partial charge on any atom is 0.307 e. The van der Waals surface area contributed by atoms with Crippen LogP contribution in [0.2, 0.25) is 0 Å². The summed E-state index contributed by atoms with van der Waals surface area (Å²) in [5.41, 5.74) is 0. The van der Waals surface area contributed by atoms with Crippen molar-refractivity contribution in [2.24, 2.45) is 11.8 Å². The predicted octanol–water partition coefficient (Wildman–Crippen LogP) is 1.73. The Morgan fingerprint density at radius 2 is 2.00 bits per heavy atom. The van der Waals surface area contributed by atoms with Crippen LogP contribution >= 0.6 is 0 Å². The van der Waals surface area contributed by atoms with Crippen LogP contribution in [0.5, 0.6) is 0 Å². The molecular formula is C10H21NO2. The molecule has 0 fully saturated rings. The lowest BCUT2D eigenvalue weighted by atomic mass is 10.0. The van der Waals surface area contributed by atoms with Crippen molar-refractivity contribution in [1.82, 2.24) is 5.32 Å². The minimum Gasteiger partial charge on any atom is -0.481 e. The zero-order valence-corrected chi connectivity index (χ0v) is 8.84. The van der Waals surface area contributed by atoms with Crippen molar-refractivity contribution < 1.29 is 9.90 Å². The number of carboxylic acid groups (broad SMARTS) is 1. The molecule has 0 aromatic rings. The van der Waals surface area contributed by atoms with Crippen molar-refractivity contribution >= 4 is 5.97 Å². The molecule has 0 aromatic carbocycles. The summed E-state index contributed by atoms with van der Waals surface area (Å²) in [7, 11) is 0. The Labute approximate surface area is 80.5 Å². The average Bonchev–Trinajstić information content (AvgIpc) is 2.02. The molecule has 0 saturated carbocycles. The summed E-state index contributed by atoms with van der Waals surface area (Å²) in [4.78, 5) is 10.7. The van der Waals surface area contributed by atoms with Gasteiger partial charge in [0.25, 0.3) is 0 Å². The number of nitrogens with one attached hydrogen (secondary N) is 1. The van der Waals surface area contributed by atoms with E-state index >= 15 is 0 Å². The van der Waals surface area contributed by atoms with Crippen molar-refractivity contribution in [3.8, 4) is 0 Å². The van der Waals surface area contributed by atoms with Gasteiger partial charge in [0.15, 0.2) is 0 Å². The fraction of sp³-hybridized carbons (Fsp3) is 0.900. The molecule has 0 heterocycles. The van der Waals surface area contributed by atoms with Crippen LogP contribution in [-0.4, -0.2) is 24.2 Å². The first-order valence-corrected chi connectivity index (χ1v) is 5.01. The fourth-order valence-electron chi connectivity index (χ4n) is 1.21. The van der Waals surface area contributed by atoms with Gasteiger partial charge in [-0.3, -0.25) is 4.79 Å². The number of aliphatic carboxylic acids is 1. The monoisotopic (exact) mass is 187 g/mol. The van der Waals surface area contributed by atoms with E-state index in [1.165, 1.54) is 0 Å². The van der Waals surface area contributed by atoms with Crippen LogP contribution in [0.15, 0.2) is 0 Å². The summed E-state index contributed by atoms with van der Waals surface area (Å²) in [6.07, 6.45) is 1.70. The predicted molar refractivity (Wildman–Crippen MR) is 53.7 cm³/mol. The average molecular weight is 187 g/mol. The van der Waals surface area contributed by atoms with E-state index in [1.807, 2.05) is 6.92 Å². The minimum atomic E-state index is -0.682. The van der Waals surface area contributed by atoms with E-state index in [4.69, 9.17) is 5.11 Å². The standard InChI is InChI=1S/C10H21NO2/c1-4-5-9(10(12)13)7-11-6-8(2)3/h8-9,11H,4-7H2,1-3H3,(H,12,13). The van der Waals surface area contributed by atoms with Crippen molar-refractivity contribution in [2.75, 3.05) is 13.1 Å². The van der Waals surface area contributed by atoms with Crippen LogP contribution in [0.1, 0.15) is 33.6 Å². The molecule has 13 heavy (non-hydrogen) atoms. The highest BCUT2D eigenvalue weighted by Gasteiger charge is 2.15. The van der Waals surface area contributed by atoms with Crippen LogP contribution in [0.4, 0.5) is 0 Å². The zero-order chi connectivity index (χ0) is 10.3. The molecule has 0 aliphatic heterocycles. The van der Waals surface area contributed by atoms with Crippen LogP contribution < -0.4 is 5.32 Å². The van der Waals surface area contributed by atoms with Crippen molar-refractivity contribution in [3.63, 3.8) is 0 Å². The second-order valence-corrected chi connectivity index (χ2v) is 3.88. The molecule has 0 rings (SSSR count). The molecule has 0 aliphatic rings. The van der Waals surface area contributed by atoms with Crippen LogP contribution in [-0.2, 0) is 4.79 Å². The molecule has 1 unspecified atom stereocenters. The summed E-state index contributed by atoms with van der Waals surface area (Å²) in [6, 6.07) is 0. The van der Waals surface area contributed by atoms with E-state index in [0.717, 1.165) is 19.4 Å². The molecule has 3 nitrogen and oxygen atoms in total. The van der Waals surface area contributed by atoms with Crippen molar-refractivity contribution in [3.05, 3.63) is 0 Å². The van der Waals surface area contributed by atoms with Gasteiger partial charge in [-0.1, -0.05) is 27.2 Å². The van der Waals surface area contributed by atoms with Gasteiger partial charge in [-0.05, 0) is 18.9 Å². The van der Waals surface area contributed by atoms with Gasteiger partial charge in [0.2, 0.25) is 0 Å². The Hall–Kier alpha value is -0.570. The van der Waals surface area contributed by atoms with E-state index in [9.17, 15) is 4.79 Å². The molecule has 0 saturated heterocycles. The molecule has 78 valence electrons. The number of hydrogen-bond donors (Lipinski definition) is 2. The summed E-state index contributed by atoms with van der Waals surface area (Å²) in [5.74, 6) is -0.321. The van der Waals surface area contributed by atoms with Crippen LogP contribution in [0.25, 0.3) is 0 Å². The summed E-state index contributed by atoms with van der Waals surface area (Å²) >= 11 is 0. The van der Waals surface area contributed by atoms with Gasteiger partial charge in [-0.25, -0.2) is 0 Å². The highest BCUT2D eigenvalue weighted by atomic mass is 16.4. The van der Waals surface area contributed by atoms with Crippen molar-refractivity contribution in [2.45, 2.75) is 33.6 Å². The molecule has 2 N–H and O–H groups in total. The Balaban J connectivity index is 3.63.